The molecule has 0 aliphatic carbocycles. The Hall–Kier alpha value is -7.45. The number of pyridine rings is 1. The summed E-state index contributed by atoms with van der Waals surface area (Å²) in [6.45, 7) is 14.6. The van der Waals surface area contributed by atoms with Gasteiger partial charge in [0.25, 0.3) is 0 Å². The molecular weight excluding hydrogens is 1030 g/mol. The molecule has 79 heavy (non-hydrogen) atoms. The Morgan fingerprint density at radius 2 is 1.27 bits per heavy atom. The van der Waals surface area contributed by atoms with Crippen molar-refractivity contribution < 1.29 is 67.9 Å². The van der Waals surface area contributed by atoms with E-state index in [0.717, 1.165) is 0 Å². The molecule has 8 amide bonds. The maximum Gasteiger partial charge on any atom is 0.408 e. The van der Waals surface area contributed by atoms with Crippen molar-refractivity contribution in [2.75, 3.05) is 19.7 Å². The molecule has 0 fully saturated rings. The lowest BCUT2D eigenvalue weighted by Gasteiger charge is -2.31. The van der Waals surface area contributed by atoms with Crippen molar-refractivity contribution in [1.29, 1.82) is 5.41 Å². The maximum absolute atomic E-state index is 14.3. The van der Waals surface area contributed by atoms with Gasteiger partial charge < -0.3 is 78.4 Å². The van der Waals surface area contributed by atoms with Gasteiger partial charge in [-0.05, 0) is 81.9 Å². The number of hydrogen-bond donors (Lipinski definition) is 14. The number of aromatic nitrogens is 1. The highest BCUT2D eigenvalue weighted by molar-refractivity contribution is 5.97. The second-order valence-corrected chi connectivity index (χ2v) is 20.9. The molecule has 440 valence electrons. The van der Waals surface area contributed by atoms with Crippen LogP contribution in [-0.2, 0) is 60.9 Å². The summed E-state index contributed by atoms with van der Waals surface area (Å²) in [5, 5.41) is 61.9. The first-order chi connectivity index (χ1) is 37.1. The third-order valence-corrected chi connectivity index (χ3v) is 12.0. The predicted octanol–water partition coefficient (Wildman–Crippen LogP) is -0.969. The van der Waals surface area contributed by atoms with Crippen molar-refractivity contribution in [3.05, 3.63) is 66.0 Å². The fraction of sp³-hybridized carbons (Fsp3) is 0.604. The summed E-state index contributed by atoms with van der Waals surface area (Å²) in [7, 11) is 0. The number of aliphatic hydroxyl groups is 3. The summed E-state index contributed by atoms with van der Waals surface area (Å²) < 4.78 is 10.6. The molecule has 1 aromatic carbocycles. The van der Waals surface area contributed by atoms with E-state index in [1.54, 1.807) is 105 Å². The summed E-state index contributed by atoms with van der Waals surface area (Å²) in [6, 6.07) is 1.69. The number of benzene rings is 1. The summed E-state index contributed by atoms with van der Waals surface area (Å²) >= 11 is 0. The molecule has 0 spiro atoms. The van der Waals surface area contributed by atoms with Crippen LogP contribution in [0.15, 0.2) is 54.9 Å². The normalized spacial score (nSPS) is 15.1. The van der Waals surface area contributed by atoms with Crippen molar-refractivity contribution in [2.24, 2.45) is 23.5 Å². The van der Waals surface area contributed by atoms with Crippen LogP contribution in [0.1, 0.15) is 106 Å². The van der Waals surface area contributed by atoms with Gasteiger partial charge in [-0.25, -0.2) is 9.59 Å². The van der Waals surface area contributed by atoms with E-state index in [-0.39, 0.29) is 50.7 Å². The molecule has 2 aromatic rings. The van der Waals surface area contributed by atoms with Gasteiger partial charge in [0.05, 0.1) is 25.4 Å². The molecule has 15 N–H and O–H groups in total. The van der Waals surface area contributed by atoms with Crippen LogP contribution in [0.25, 0.3) is 0 Å². The van der Waals surface area contributed by atoms with Crippen LogP contribution in [0.3, 0.4) is 0 Å². The summed E-state index contributed by atoms with van der Waals surface area (Å²) in [6.07, 6.45) is -0.767. The van der Waals surface area contributed by atoms with E-state index in [4.69, 9.17) is 20.6 Å². The van der Waals surface area contributed by atoms with Gasteiger partial charge in [0.1, 0.15) is 48.5 Å². The number of rotatable bonds is 32. The zero-order chi connectivity index (χ0) is 59.6. The van der Waals surface area contributed by atoms with E-state index in [1.165, 1.54) is 19.3 Å². The zero-order valence-corrected chi connectivity index (χ0v) is 46.8. The molecule has 26 heteroatoms. The standard InChI is InChI=1S/C53H84N12O14/c1-11-31(6)40(63-44(70)35(20-16-22-57-51(54)55)60-45(71)36(23-29(2)3)61-49(75)42(43(69)30(4)5)65-52(77)79-53(8,9)10)48(74)64-41(32(7)67)47(73)58-26-39(68)59-37(24-34-19-15-21-56-25-34)46(72)62-38(27-66)50(76)78-28-33-17-13-12-14-18-33/h12-15,17-19,21,25,29-32,35-38,40-43,66-67,69H,11,16,20,22-24,26-28H2,1-10H3,(H,58,73)(H,59,68)(H,60,71)(H,61,75)(H,62,72)(H,63,70)(H,64,74)(H,65,77)(H4,54,55,57)/t31-,32-,35+,36-,37-,38-,40-,41-,42-,43+/m0/s1. The molecule has 0 aliphatic heterocycles. The molecule has 26 nitrogen and oxygen atoms in total. The molecule has 0 aliphatic rings. The van der Waals surface area contributed by atoms with Crippen molar-refractivity contribution >= 4 is 59.4 Å². The van der Waals surface area contributed by atoms with Gasteiger partial charge in [0, 0.05) is 25.4 Å². The Morgan fingerprint density at radius 1 is 0.684 bits per heavy atom. The number of nitrogens with one attached hydrogen (secondary N) is 10. The van der Waals surface area contributed by atoms with E-state index >= 15 is 0 Å². The Kier molecular flexibility index (Phi) is 28.9. The minimum atomic E-state index is -1.71. The van der Waals surface area contributed by atoms with E-state index < -0.39 is 139 Å². The highest BCUT2D eigenvalue weighted by Crippen LogP contribution is 2.15. The number of carbonyl (C=O) groups is 9. The van der Waals surface area contributed by atoms with Gasteiger partial charge in [0.2, 0.25) is 41.4 Å². The zero-order valence-electron chi connectivity index (χ0n) is 46.8. The first-order valence-electron chi connectivity index (χ1n) is 26.3. The Morgan fingerprint density at radius 3 is 1.82 bits per heavy atom. The van der Waals surface area contributed by atoms with E-state index in [2.05, 4.69) is 52.8 Å². The number of hydrogen-bond acceptors (Lipinski definition) is 16. The van der Waals surface area contributed by atoms with Crippen LogP contribution in [0.4, 0.5) is 4.79 Å². The second kappa shape index (κ2) is 33.8. The minimum Gasteiger partial charge on any atom is -0.459 e. The molecular formula is C53H84N12O14. The molecule has 1 aromatic heterocycles. The minimum absolute atomic E-state index is 0.0391. The van der Waals surface area contributed by atoms with Gasteiger partial charge >= 0.3 is 12.1 Å². The first-order valence-corrected chi connectivity index (χ1v) is 26.3. The molecule has 0 saturated carbocycles. The largest absolute Gasteiger partial charge is 0.459 e. The Labute approximate surface area is 461 Å². The van der Waals surface area contributed by atoms with E-state index in [1.807, 2.05) is 0 Å². The fourth-order valence-corrected chi connectivity index (χ4v) is 7.53. The molecule has 0 radical (unpaired) electrons. The number of nitrogens with two attached hydrogens (primary N) is 1. The van der Waals surface area contributed by atoms with Gasteiger partial charge in [0.15, 0.2) is 12.0 Å². The lowest BCUT2D eigenvalue weighted by atomic mass is 9.96. The van der Waals surface area contributed by atoms with Crippen LogP contribution in [-0.4, -0.2) is 159 Å². The number of nitrogens with zero attached hydrogens (tertiary/aromatic N) is 1. The third kappa shape index (κ3) is 25.3. The van der Waals surface area contributed by atoms with Crippen molar-refractivity contribution in [2.45, 2.75) is 168 Å². The van der Waals surface area contributed by atoms with Crippen LogP contribution < -0.4 is 53.6 Å². The molecule has 0 unspecified atom stereocenters. The number of amides is 8. The van der Waals surface area contributed by atoms with E-state index in [0.29, 0.717) is 17.5 Å². The monoisotopic (exact) mass is 1110 g/mol. The Bertz CT molecular complexity index is 2320. The average molecular weight is 1110 g/mol. The summed E-state index contributed by atoms with van der Waals surface area (Å²) in [5.74, 6) is -9.01. The number of carbonyl (C=O) groups excluding carboxylic acids is 9. The molecule has 0 saturated heterocycles. The smallest absolute Gasteiger partial charge is 0.408 e. The lowest BCUT2D eigenvalue weighted by Crippen LogP contribution is -2.62. The lowest BCUT2D eigenvalue weighted by molar-refractivity contribution is -0.150. The van der Waals surface area contributed by atoms with Crippen LogP contribution in [0.5, 0.6) is 0 Å². The fourth-order valence-electron chi connectivity index (χ4n) is 7.53. The maximum atomic E-state index is 14.3. The summed E-state index contributed by atoms with van der Waals surface area (Å²) in [4.78, 5) is 127. The topological polar surface area (TPSA) is 404 Å². The highest BCUT2D eigenvalue weighted by atomic mass is 16.6. The van der Waals surface area contributed by atoms with Crippen LogP contribution in [0, 0.1) is 23.2 Å². The van der Waals surface area contributed by atoms with Gasteiger partial charge in [-0.3, -0.25) is 44.0 Å². The SMILES string of the molecule is CC[C@H](C)[C@H](NC(=O)[C@@H](CCCNC(=N)N)NC(=O)[C@H](CC(C)C)NC(=O)[C@@H](NC(=O)OC(C)(C)C)[C@H](O)C(C)C)C(=O)N[C@H](C(=O)NCC(=O)N[C@@H](Cc1cccnc1)C(=O)N[C@@H](CO)C(=O)OCc1ccccc1)[C@H](C)O. The van der Waals surface area contributed by atoms with Gasteiger partial charge in [-0.15, -0.1) is 0 Å². The first kappa shape index (κ1) is 67.7. The van der Waals surface area contributed by atoms with Gasteiger partial charge in [-0.1, -0.05) is 84.4 Å². The third-order valence-electron chi connectivity index (χ3n) is 12.0. The predicted molar refractivity (Wildman–Crippen MR) is 290 cm³/mol. The number of guanidine groups is 1. The van der Waals surface area contributed by atoms with Gasteiger partial charge in [-0.2, -0.15) is 0 Å². The molecule has 1 heterocycles. The number of aliphatic hydroxyl groups excluding tert-OH is 3. The van der Waals surface area contributed by atoms with Crippen LogP contribution >= 0.6 is 0 Å². The Balaban J connectivity index is 2.32. The summed E-state index contributed by atoms with van der Waals surface area (Å²) in [5.41, 5.74) is 5.67. The van der Waals surface area contributed by atoms with Crippen molar-refractivity contribution in [3.63, 3.8) is 0 Å². The molecule has 0 bridgehead atoms. The van der Waals surface area contributed by atoms with E-state index in [9.17, 15) is 58.5 Å². The quantitative estimate of drug-likeness (QED) is 0.0181. The number of esters is 1. The molecule has 2 rings (SSSR count). The molecule has 10 atom stereocenters. The average Bonchev–Trinajstić information content (AvgIpc) is 3.38. The number of ether oxygens (including phenoxy) is 2. The number of alkyl carbamates (subject to hydrolysis) is 1. The van der Waals surface area contributed by atoms with Crippen LogP contribution in [0.2, 0.25) is 0 Å². The van der Waals surface area contributed by atoms with Crippen molar-refractivity contribution in [3.8, 4) is 0 Å². The highest BCUT2D eigenvalue weighted by Gasteiger charge is 2.38. The van der Waals surface area contributed by atoms with Crippen molar-refractivity contribution in [1.82, 2.24) is 52.8 Å². The second-order valence-electron chi connectivity index (χ2n) is 20.9.